The Morgan fingerprint density at radius 2 is 1.25 bits per heavy atom. The molecule has 278 valence electrons. The Hall–Kier alpha value is -4.85. The van der Waals surface area contributed by atoms with Gasteiger partial charge in [-0.3, -0.25) is 9.97 Å². The summed E-state index contributed by atoms with van der Waals surface area (Å²) in [5, 5.41) is 3.55. The molecule has 0 N–H and O–H groups in total. The topological polar surface area (TPSA) is 30.2 Å². The van der Waals surface area contributed by atoms with Crippen molar-refractivity contribution in [3.63, 3.8) is 0 Å². The maximum atomic E-state index is 5.32. The molecule has 1 unspecified atom stereocenters. The zero-order chi connectivity index (χ0) is 36.3. The van der Waals surface area contributed by atoms with Crippen molar-refractivity contribution in [2.24, 2.45) is 0 Å². The number of para-hydroxylation sites is 1. The van der Waals surface area contributed by atoms with E-state index < -0.39 is 0 Å². The molecule has 4 heteroatoms. The van der Waals surface area contributed by atoms with Gasteiger partial charge < -0.3 is 4.40 Å². The molecule has 11 rings (SSSR count). The van der Waals surface area contributed by atoms with Crippen LogP contribution in [0.4, 0.5) is 0 Å². The molecule has 5 aromatic carbocycles. The Morgan fingerprint density at radius 1 is 0.571 bits per heavy atom. The second-order valence-corrected chi connectivity index (χ2v) is 16.3. The van der Waals surface area contributed by atoms with Crippen LogP contribution in [0.3, 0.4) is 0 Å². The number of benzene rings is 5. The Balaban J connectivity index is 0.00000384. The van der Waals surface area contributed by atoms with Gasteiger partial charge in [0.1, 0.15) is 0 Å². The van der Waals surface area contributed by atoms with E-state index in [1.165, 1.54) is 120 Å². The van der Waals surface area contributed by atoms with Gasteiger partial charge in [-0.2, -0.15) is 23.8 Å². The maximum Gasteiger partial charge on any atom is 2.00 e. The van der Waals surface area contributed by atoms with E-state index in [0.29, 0.717) is 11.8 Å². The van der Waals surface area contributed by atoms with Gasteiger partial charge in [0, 0.05) is 29.4 Å². The summed E-state index contributed by atoms with van der Waals surface area (Å²) in [5.74, 6) is 1.30. The molecule has 0 radical (unpaired) electrons. The molecular weight excluding hydrogens is 862 g/mol. The SMILES string of the molecule is [Pt+2].[c-]1c(Cc2[c-]c3c(cc2)c2ccccc2n2c(-c4c(C5CCCCC5)cccc4C4CCCCC4)cnc32)ccc2c1C(c1ccccn1)c1ccccc1-2. The summed E-state index contributed by atoms with van der Waals surface area (Å²) in [4.78, 5) is 10.1. The minimum absolute atomic E-state index is 0. The van der Waals surface area contributed by atoms with Gasteiger partial charge in [0.05, 0.1) is 17.0 Å². The number of nitrogens with zero attached hydrogens (tertiary/aromatic N) is 3. The van der Waals surface area contributed by atoms with Crippen molar-refractivity contribution in [3.05, 3.63) is 173 Å². The molecule has 56 heavy (non-hydrogen) atoms. The third kappa shape index (κ3) is 5.97. The van der Waals surface area contributed by atoms with E-state index >= 15 is 0 Å². The predicted molar refractivity (Wildman–Crippen MR) is 225 cm³/mol. The van der Waals surface area contributed by atoms with Crippen molar-refractivity contribution in [1.82, 2.24) is 14.4 Å². The van der Waals surface area contributed by atoms with Gasteiger partial charge in [-0.1, -0.05) is 122 Å². The number of fused-ring (bicyclic) bond motifs is 9. The van der Waals surface area contributed by atoms with E-state index in [-0.39, 0.29) is 27.0 Å². The van der Waals surface area contributed by atoms with Crippen LogP contribution in [0, 0.1) is 12.1 Å². The van der Waals surface area contributed by atoms with Gasteiger partial charge in [-0.15, -0.1) is 34.9 Å². The van der Waals surface area contributed by atoms with Crippen LogP contribution < -0.4 is 0 Å². The van der Waals surface area contributed by atoms with Crippen molar-refractivity contribution < 1.29 is 21.1 Å². The van der Waals surface area contributed by atoms with Crippen molar-refractivity contribution in [1.29, 1.82) is 0 Å². The zero-order valence-electron chi connectivity index (χ0n) is 31.7. The summed E-state index contributed by atoms with van der Waals surface area (Å²) >= 11 is 0. The van der Waals surface area contributed by atoms with Crippen molar-refractivity contribution in [2.45, 2.75) is 88.4 Å². The van der Waals surface area contributed by atoms with Crippen LogP contribution >= 0.6 is 0 Å². The van der Waals surface area contributed by atoms with Crippen LogP contribution in [-0.4, -0.2) is 14.4 Å². The number of hydrogen-bond acceptors (Lipinski definition) is 2. The molecule has 2 fully saturated rings. The van der Waals surface area contributed by atoms with E-state index in [9.17, 15) is 0 Å². The summed E-state index contributed by atoms with van der Waals surface area (Å²) in [6.07, 6.45) is 18.0. The minimum Gasteiger partial charge on any atom is -0.333 e. The number of imidazole rings is 1. The molecule has 0 aliphatic heterocycles. The van der Waals surface area contributed by atoms with Gasteiger partial charge in [-0.05, 0) is 84.2 Å². The van der Waals surface area contributed by atoms with Crippen LogP contribution in [0.5, 0.6) is 0 Å². The van der Waals surface area contributed by atoms with E-state index in [0.717, 1.165) is 28.7 Å². The normalized spacial score (nSPS) is 17.2. The average molecular weight is 907 g/mol. The Bertz CT molecular complexity index is 2680. The molecule has 3 aliphatic rings. The first-order valence-corrected chi connectivity index (χ1v) is 20.7. The molecule has 2 saturated carbocycles. The summed E-state index contributed by atoms with van der Waals surface area (Å²) < 4.78 is 2.49. The van der Waals surface area contributed by atoms with E-state index in [1.807, 2.05) is 12.3 Å². The Kier molecular flexibility index (Phi) is 9.46. The summed E-state index contributed by atoms with van der Waals surface area (Å²) in [5.41, 5.74) is 16.5. The molecule has 3 heterocycles. The first-order chi connectivity index (χ1) is 27.3. The molecule has 0 amide bonds. The van der Waals surface area contributed by atoms with Crippen LogP contribution in [0.1, 0.15) is 121 Å². The number of hydrogen-bond donors (Lipinski definition) is 0. The molecule has 0 bridgehead atoms. The van der Waals surface area contributed by atoms with Gasteiger partial charge in [-0.25, -0.2) is 0 Å². The molecule has 3 nitrogen and oxygen atoms in total. The van der Waals surface area contributed by atoms with E-state index in [1.54, 1.807) is 11.1 Å². The van der Waals surface area contributed by atoms with E-state index in [4.69, 9.17) is 9.97 Å². The Morgan fingerprint density at radius 3 is 2.02 bits per heavy atom. The van der Waals surface area contributed by atoms with Gasteiger partial charge in [0.15, 0.2) is 0 Å². The quantitative estimate of drug-likeness (QED) is 0.123. The zero-order valence-corrected chi connectivity index (χ0v) is 34.0. The molecule has 1 atom stereocenters. The third-order valence-electron chi connectivity index (χ3n) is 13.2. The molecule has 8 aromatic rings. The van der Waals surface area contributed by atoms with Crippen LogP contribution in [0.2, 0.25) is 0 Å². The van der Waals surface area contributed by atoms with Gasteiger partial charge in [0.25, 0.3) is 0 Å². The number of rotatable bonds is 6. The predicted octanol–water partition coefficient (Wildman–Crippen LogP) is 13.1. The molecule has 3 aromatic heterocycles. The fourth-order valence-electron chi connectivity index (χ4n) is 10.6. The first-order valence-electron chi connectivity index (χ1n) is 20.7. The molecule has 0 saturated heterocycles. The van der Waals surface area contributed by atoms with Crippen molar-refractivity contribution in [3.8, 4) is 22.4 Å². The largest absolute Gasteiger partial charge is 2.00 e. The van der Waals surface area contributed by atoms with Crippen LogP contribution in [0.15, 0.2) is 122 Å². The van der Waals surface area contributed by atoms with Crippen LogP contribution in [-0.2, 0) is 27.5 Å². The van der Waals surface area contributed by atoms with Crippen LogP contribution in [0.25, 0.3) is 49.7 Å². The van der Waals surface area contributed by atoms with Crippen molar-refractivity contribution >= 4 is 27.3 Å². The second-order valence-electron chi connectivity index (χ2n) is 16.3. The molecule has 3 aliphatic carbocycles. The number of pyridine rings is 2. The first kappa shape index (κ1) is 35.6. The summed E-state index contributed by atoms with van der Waals surface area (Å²) in [6, 6.07) is 48.2. The third-order valence-corrected chi connectivity index (χ3v) is 13.2. The standard InChI is InChI=1S/C52H45N3.Pt/c1-3-14-36(15-4-1)38-21-13-22-39(37-16-5-2-6-17-37)51(38)49-33-54-52-46-32-35(26-28-42(46)43-19-9-10-24-48(43)55(49)52)30-34-25-27-41-40-18-7-8-20-44(40)50(45(41)31-34)47-23-11-12-29-53-47;/h7-13,18-29,33,36-37,50H,1-6,14-17,30H2;/q-2;+2. The summed E-state index contributed by atoms with van der Waals surface area (Å²) in [6.45, 7) is 0. The number of aromatic nitrogens is 3. The maximum absolute atomic E-state index is 5.32. The fraction of sp³-hybridized carbons (Fsp3) is 0.269. The monoisotopic (exact) mass is 906 g/mol. The Labute approximate surface area is 344 Å². The molecule has 0 spiro atoms. The fourth-order valence-corrected chi connectivity index (χ4v) is 10.6. The second kappa shape index (κ2) is 14.9. The van der Waals surface area contributed by atoms with E-state index in [2.05, 4.69) is 126 Å². The van der Waals surface area contributed by atoms with Gasteiger partial charge >= 0.3 is 21.1 Å². The smallest absolute Gasteiger partial charge is 0.333 e. The van der Waals surface area contributed by atoms with Crippen molar-refractivity contribution in [2.75, 3.05) is 0 Å². The van der Waals surface area contributed by atoms with Gasteiger partial charge in [0.2, 0.25) is 0 Å². The average Bonchev–Trinajstić information content (AvgIpc) is 3.84. The minimum atomic E-state index is 0. The molecular formula is C52H45N3Pt. The summed E-state index contributed by atoms with van der Waals surface area (Å²) in [7, 11) is 0.